The third-order valence-corrected chi connectivity index (χ3v) is 5.19. The molecule has 0 aliphatic carbocycles. The topological polar surface area (TPSA) is 122 Å². The van der Waals surface area contributed by atoms with Crippen molar-refractivity contribution in [2.75, 3.05) is 27.7 Å². The van der Waals surface area contributed by atoms with Gasteiger partial charge in [0.05, 0.1) is 11.9 Å². The van der Waals surface area contributed by atoms with Crippen molar-refractivity contribution in [3.8, 4) is 0 Å². The number of nitrogens with zero attached hydrogens (tertiary/aromatic N) is 1. The molecular formula is C17H18N4O4S. The van der Waals surface area contributed by atoms with Crippen LogP contribution < -0.4 is 20.7 Å². The lowest BCUT2D eigenvalue weighted by Crippen LogP contribution is -2.27. The van der Waals surface area contributed by atoms with Gasteiger partial charge < -0.3 is 16.4 Å². The van der Waals surface area contributed by atoms with E-state index in [1.165, 1.54) is 10.6 Å². The van der Waals surface area contributed by atoms with E-state index in [1.54, 1.807) is 42.5 Å². The maximum absolute atomic E-state index is 12.4. The molecule has 0 spiro atoms. The zero-order valence-corrected chi connectivity index (χ0v) is 14.8. The minimum absolute atomic E-state index is 0.304. The molecule has 3 rings (SSSR count). The molecule has 1 aliphatic rings. The number of primary amides is 1. The highest BCUT2D eigenvalue weighted by Crippen LogP contribution is 2.30. The Labute approximate surface area is 151 Å². The molecular weight excluding hydrogens is 356 g/mol. The molecule has 4 N–H and O–H groups in total. The van der Waals surface area contributed by atoms with Crippen LogP contribution in [0.2, 0.25) is 0 Å². The van der Waals surface area contributed by atoms with Gasteiger partial charge in [-0.25, -0.2) is 13.2 Å². The standard InChI is InChI=1S/C17H18N4O4S/c1-26(24,25)21-9-8-11-10-12(2-7-15(11)21)16(22)19-13-3-5-14(6-4-13)20-17(18)23/h2-7,10H,8-9H2,1H3,(H,19,22)(H3,18,20,23). The molecule has 136 valence electrons. The molecule has 26 heavy (non-hydrogen) atoms. The SMILES string of the molecule is CS(=O)(=O)N1CCc2cc(C(=O)Nc3ccc(NC(N)=O)cc3)ccc21. The minimum atomic E-state index is -3.32. The Morgan fingerprint density at radius 2 is 1.65 bits per heavy atom. The fourth-order valence-electron chi connectivity index (χ4n) is 2.84. The molecule has 0 atom stereocenters. The van der Waals surface area contributed by atoms with Crippen LogP contribution >= 0.6 is 0 Å². The third-order valence-electron chi connectivity index (χ3n) is 4.01. The van der Waals surface area contributed by atoms with Gasteiger partial charge in [-0.1, -0.05) is 0 Å². The molecule has 0 radical (unpaired) electrons. The van der Waals surface area contributed by atoms with E-state index in [0.717, 1.165) is 5.56 Å². The first-order chi connectivity index (χ1) is 12.2. The number of hydrogen-bond donors (Lipinski definition) is 3. The van der Waals surface area contributed by atoms with Crippen molar-refractivity contribution in [1.29, 1.82) is 0 Å². The van der Waals surface area contributed by atoms with Gasteiger partial charge in [0.15, 0.2) is 0 Å². The van der Waals surface area contributed by atoms with E-state index in [4.69, 9.17) is 5.73 Å². The number of hydrogen-bond acceptors (Lipinski definition) is 4. The van der Waals surface area contributed by atoms with Gasteiger partial charge in [0.25, 0.3) is 5.91 Å². The number of sulfonamides is 1. The molecule has 2 aromatic rings. The van der Waals surface area contributed by atoms with Crippen LogP contribution in [0.4, 0.5) is 21.9 Å². The molecule has 0 bridgehead atoms. The van der Waals surface area contributed by atoms with Crippen molar-refractivity contribution >= 4 is 39.0 Å². The molecule has 0 saturated heterocycles. The summed E-state index contributed by atoms with van der Waals surface area (Å²) in [6.45, 7) is 0.383. The highest BCUT2D eigenvalue weighted by molar-refractivity contribution is 7.92. The lowest BCUT2D eigenvalue weighted by atomic mass is 10.1. The highest BCUT2D eigenvalue weighted by atomic mass is 32.2. The molecule has 3 amide bonds. The molecule has 0 fully saturated rings. The number of anilines is 3. The molecule has 8 nitrogen and oxygen atoms in total. The van der Waals surface area contributed by atoms with Crippen molar-refractivity contribution in [3.05, 3.63) is 53.6 Å². The summed E-state index contributed by atoms with van der Waals surface area (Å²) in [6, 6.07) is 10.8. The van der Waals surface area contributed by atoms with E-state index in [9.17, 15) is 18.0 Å². The van der Waals surface area contributed by atoms with E-state index in [1.807, 2.05) is 0 Å². The first-order valence-corrected chi connectivity index (χ1v) is 9.67. The predicted molar refractivity (Wildman–Crippen MR) is 99.9 cm³/mol. The Morgan fingerprint density at radius 3 is 2.23 bits per heavy atom. The number of amides is 3. The monoisotopic (exact) mass is 374 g/mol. The fourth-order valence-corrected chi connectivity index (χ4v) is 3.80. The van der Waals surface area contributed by atoms with Crippen LogP contribution in [0.5, 0.6) is 0 Å². The van der Waals surface area contributed by atoms with Crippen LogP contribution in [0.3, 0.4) is 0 Å². The summed E-state index contributed by atoms with van der Waals surface area (Å²) in [5.74, 6) is -0.304. The van der Waals surface area contributed by atoms with Crippen molar-refractivity contribution in [1.82, 2.24) is 0 Å². The fraction of sp³-hybridized carbons (Fsp3) is 0.176. The summed E-state index contributed by atoms with van der Waals surface area (Å²) in [4.78, 5) is 23.2. The number of benzene rings is 2. The average Bonchev–Trinajstić information content (AvgIpc) is 2.99. The van der Waals surface area contributed by atoms with Gasteiger partial charge in [-0.15, -0.1) is 0 Å². The maximum atomic E-state index is 12.4. The van der Waals surface area contributed by atoms with E-state index < -0.39 is 16.1 Å². The number of carbonyl (C=O) groups excluding carboxylic acids is 2. The second-order valence-corrected chi connectivity index (χ2v) is 7.86. The second-order valence-electron chi connectivity index (χ2n) is 5.95. The normalized spacial score (nSPS) is 13.2. The largest absolute Gasteiger partial charge is 0.351 e. The summed E-state index contributed by atoms with van der Waals surface area (Å²) in [7, 11) is -3.32. The Bertz CT molecular complexity index is 971. The molecule has 0 unspecified atom stereocenters. The number of urea groups is 1. The lowest BCUT2D eigenvalue weighted by Gasteiger charge is -2.16. The zero-order chi connectivity index (χ0) is 18.9. The van der Waals surface area contributed by atoms with Crippen LogP contribution in [0, 0.1) is 0 Å². The first-order valence-electron chi connectivity index (χ1n) is 7.82. The summed E-state index contributed by atoms with van der Waals surface area (Å²) < 4.78 is 24.9. The van der Waals surface area contributed by atoms with Gasteiger partial charge in [-0.05, 0) is 54.4 Å². The molecule has 1 heterocycles. The minimum Gasteiger partial charge on any atom is -0.351 e. The van der Waals surface area contributed by atoms with Gasteiger partial charge in [-0.2, -0.15) is 0 Å². The van der Waals surface area contributed by atoms with Crippen molar-refractivity contribution in [3.63, 3.8) is 0 Å². The number of rotatable bonds is 4. The molecule has 0 aromatic heterocycles. The lowest BCUT2D eigenvalue weighted by molar-refractivity contribution is 0.102. The van der Waals surface area contributed by atoms with Gasteiger partial charge >= 0.3 is 6.03 Å². The van der Waals surface area contributed by atoms with Crippen molar-refractivity contribution in [2.24, 2.45) is 5.73 Å². The Morgan fingerprint density at radius 1 is 1.04 bits per heavy atom. The zero-order valence-electron chi connectivity index (χ0n) is 14.0. The smallest absolute Gasteiger partial charge is 0.316 e. The van der Waals surface area contributed by atoms with E-state index in [0.29, 0.717) is 35.6 Å². The van der Waals surface area contributed by atoms with Crippen molar-refractivity contribution < 1.29 is 18.0 Å². The summed E-state index contributed by atoms with van der Waals surface area (Å²) in [5.41, 5.74) is 8.00. The van der Waals surface area contributed by atoms with Crippen molar-refractivity contribution in [2.45, 2.75) is 6.42 Å². The van der Waals surface area contributed by atoms with Crippen LogP contribution in [0.25, 0.3) is 0 Å². The Hall–Kier alpha value is -3.07. The number of nitrogens with two attached hydrogens (primary N) is 1. The van der Waals surface area contributed by atoms with Crippen LogP contribution in [0.15, 0.2) is 42.5 Å². The Kier molecular flexibility index (Phi) is 4.56. The van der Waals surface area contributed by atoms with Gasteiger partial charge in [0.1, 0.15) is 0 Å². The average molecular weight is 374 g/mol. The molecule has 1 aliphatic heterocycles. The van der Waals surface area contributed by atoms with Gasteiger partial charge in [0, 0.05) is 23.5 Å². The summed E-state index contributed by atoms with van der Waals surface area (Å²) in [5, 5.41) is 5.19. The van der Waals surface area contributed by atoms with Crippen LogP contribution in [0.1, 0.15) is 15.9 Å². The van der Waals surface area contributed by atoms with E-state index in [-0.39, 0.29) is 5.91 Å². The second kappa shape index (κ2) is 6.68. The highest BCUT2D eigenvalue weighted by Gasteiger charge is 2.26. The summed E-state index contributed by atoms with van der Waals surface area (Å²) in [6.07, 6.45) is 1.73. The van der Waals surface area contributed by atoms with Crippen LogP contribution in [-0.2, 0) is 16.4 Å². The Balaban J connectivity index is 1.74. The quantitative estimate of drug-likeness (QED) is 0.755. The molecule has 0 saturated carbocycles. The summed E-state index contributed by atoms with van der Waals surface area (Å²) >= 11 is 0. The molecule has 9 heteroatoms. The van der Waals surface area contributed by atoms with E-state index >= 15 is 0 Å². The van der Waals surface area contributed by atoms with Crippen LogP contribution in [-0.4, -0.2) is 33.2 Å². The van der Waals surface area contributed by atoms with Gasteiger partial charge in [-0.3, -0.25) is 9.10 Å². The number of carbonyl (C=O) groups is 2. The van der Waals surface area contributed by atoms with Gasteiger partial charge in [0.2, 0.25) is 10.0 Å². The maximum Gasteiger partial charge on any atom is 0.316 e. The predicted octanol–water partition coefficient (Wildman–Crippen LogP) is 1.75. The third kappa shape index (κ3) is 3.77. The first kappa shape index (κ1) is 17.7. The number of nitrogens with one attached hydrogen (secondary N) is 2. The van der Waals surface area contributed by atoms with E-state index in [2.05, 4.69) is 10.6 Å². The molecule has 2 aromatic carbocycles. The number of fused-ring (bicyclic) bond motifs is 1.